The summed E-state index contributed by atoms with van der Waals surface area (Å²) in [6.45, 7) is 1.12. The molecule has 5 rings (SSSR count). The van der Waals surface area contributed by atoms with Gasteiger partial charge in [-0.15, -0.1) is 0 Å². The first-order valence-corrected chi connectivity index (χ1v) is 11.5. The summed E-state index contributed by atoms with van der Waals surface area (Å²) >= 11 is 0. The molecule has 2 N–H and O–H groups in total. The maximum absolute atomic E-state index is 14.0. The van der Waals surface area contributed by atoms with Gasteiger partial charge >= 0.3 is 12.1 Å². The first-order chi connectivity index (χ1) is 17.5. The number of ketones is 1. The van der Waals surface area contributed by atoms with E-state index in [2.05, 4.69) is 15.2 Å². The summed E-state index contributed by atoms with van der Waals surface area (Å²) in [4.78, 5) is 37.4. The van der Waals surface area contributed by atoms with Crippen LogP contribution in [0, 0.1) is 17.6 Å². The van der Waals surface area contributed by atoms with Crippen molar-refractivity contribution in [3.05, 3.63) is 53.9 Å². The van der Waals surface area contributed by atoms with E-state index in [1.165, 1.54) is 6.07 Å². The number of nitrogens with one attached hydrogen (secondary N) is 1. The first kappa shape index (κ1) is 26.2. The van der Waals surface area contributed by atoms with Crippen LogP contribution in [0.1, 0.15) is 36.0 Å². The maximum atomic E-state index is 14.0. The number of pyridine rings is 1. The Kier molecular flexibility index (Phi) is 7.50. The number of carbonyl (C=O) groups is 2. The number of aromatic nitrogens is 3. The van der Waals surface area contributed by atoms with Crippen LogP contribution in [0.5, 0.6) is 0 Å². The van der Waals surface area contributed by atoms with Gasteiger partial charge in [-0.25, -0.2) is 23.5 Å². The molecule has 0 atom stereocenters. The quantitative estimate of drug-likeness (QED) is 0.369. The molecule has 1 saturated heterocycles. The third-order valence-corrected chi connectivity index (χ3v) is 5.98. The smallest absolute Gasteiger partial charge is 0.475 e. The Bertz CT molecular complexity index is 1290. The number of fused-ring (bicyclic) bond motifs is 1. The minimum Gasteiger partial charge on any atom is -0.475 e. The van der Waals surface area contributed by atoms with Crippen molar-refractivity contribution in [1.29, 1.82) is 0 Å². The van der Waals surface area contributed by atoms with Gasteiger partial charge in [0.15, 0.2) is 17.4 Å². The average Bonchev–Trinajstić information content (AvgIpc) is 3.67. The van der Waals surface area contributed by atoms with E-state index < -0.39 is 41.0 Å². The predicted molar refractivity (Wildman–Crippen MR) is 123 cm³/mol. The lowest BCUT2D eigenvalue weighted by atomic mass is 9.88. The molecular formula is C24H22F5N5O3. The van der Waals surface area contributed by atoms with Crippen molar-refractivity contribution in [2.45, 2.75) is 37.9 Å². The Morgan fingerprint density at radius 1 is 0.973 bits per heavy atom. The van der Waals surface area contributed by atoms with E-state index in [-0.39, 0.29) is 0 Å². The number of piperidine rings is 1. The normalized spacial score (nSPS) is 16.2. The zero-order chi connectivity index (χ0) is 26.7. The predicted octanol–water partition coefficient (Wildman–Crippen LogP) is 4.61. The molecule has 0 unspecified atom stereocenters. The number of hydrogen-bond donors (Lipinski definition) is 2. The molecule has 0 spiro atoms. The van der Waals surface area contributed by atoms with E-state index in [9.17, 15) is 26.7 Å². The molecule has 2 aliphatic rings. The summed E-state index contributed by atoms with van der Waals surface area (Å²) < 4.78 is 59.8. The number of rotatable bonds is 5. The molecule has 3 aromatic rings. The number of alkyl halides is 3. The fraction of sp³-hybridized carbons (Fsp3) is 0.375. The third-order valence-electron chi connectivity index (χ3n) is 5.98. The molecule has 2 fully saturated rings. The zero-order valence-electron chi connectivity index (χ0n) is 19.3. The van der Waals surface area contributed by atoms with Crippen LogP contribution in [-0.2, 0) is 4.79 Å². The summed E-state index contributed by atoms with van der Waals surface area (Å²) in [5, 5.41) is 10.6. The lowest BCUT2D eigenvalue weighted by molar-refractivity contribution is -0.192. The topological polar surface area (TPSA) is 108 Å². The summed E-state index contributed by atoms with van der Waals surface area (Å²) in [6.07, 6.45) is 1.52. The molecule has 0 radical (unpaired) electrons. The highest BCUT2D eigenvalue weighted by molar-refractivity contribution is 5.98. The van der Waals surface area contributed by atoms with E-state index >= 15 is 0 Å². The summed E-state index contributed by atoms with van der Waals surface area (Å²) in [5.41, 5.74) is 1.06. The molecule has 1 aliphatic carbocycles. The van der Waals surface area contributed by atoms with Crippen LogP contribution >= 0.6 is 0 Å². The number of hydrogen-bond acceptors (Lipinski definition) is 7. The summed E-state index contributed by atoms with van der Waals surface area (Å²) in [6, 6.07) is 5.77. The van der Waals surface area contributed by atoms with Crippen LogP contribution in [0.25, 0.3) is 11.0 Å². The first-order valence-electron chi connectivity index (χ1n) is 11.5. The van der Waals surface area contributed by atoms with Gasteiger partial charge in [0.05, 0.1) is 17.3 Å². The Labute approximate surface area is 207 Å². The van der Waals surface area contributed by atoms with E-state index in [0.717, 1.165) is 42.1 Å². The molecule has 37 heavy (non-hydrogen) atoms. The van der Waals surface area contributed by atoms with Crippen molar-refractivity contribution in [3.63, 3.8) is 0 Å². The molecule has 1 saturated carbocycles. The number of halogens is 5. The van der Waals surface area contributed by atoms with Crippen molar-refractivity contribution < 1.29 is 36.6 Å². The average molecular weight is 523 g/mol. The molecule has 196 valence electrons. The number of benzene rings is 1. The molecule has 0 amide bonds. The second kappa shape index (κ2) is 10.6. The van der Waals surface area contributed by atoms with Crippen LogP contribution in [0.4, 0.5) is 33.6 Å². The van der Waals surface area contributed by atoms with Crippen LogP contribution < -0.4 is 10.2 Å². The van der Waals surface area contributed by atoms with Gasteiger partial charge in [-0.2, -0.15) is 13.2 Å². The highest BCUT2D eigenvalue weighted by Gasteiger charge is 2.38. The van der Waals surface area contributed by atoms with Crippen LogP contribution in [0.3, 0.4) is 0 Å². The number of aliphatic carboxylic acids is 1. The zero-order valence-corrected chi connectivity index (χ0v) is 19.3. The molecule has 1 aliphatic heterocycles. The fourth-order valence-electron chi connectivity index (χ4n) is 3.93. The van der Waals surface area contributed by atoms with E-state index in [1.807, 2.05) is 6.07 Å². The van der Waals surface area contributed by atoms with Crippen LogP contribution in [-0.4, -0.2) is 57.1 Å². The molecule has 8 nitrogen and oxygen atoms in total. The highest BCUT2D eigenvalue weighted by Crippen LogP contribution is 2.33. The van der Waals surface area contributed by atoms with Gasteiger partial charge in [0.2, 0.25) is 0 Å². The van der Waals surface area contributed by atoms with Gasteiger partial charge in [-0.1, -0.05) is 6.07 Å². The van der Waals surface area contributed by atoms with Crippen molar-refractivity contribution in [3.8, 4) is 0 Å². The SMILES string of the molecule is O=C(O)C(F)(F)F.O=C(c1c(F)cccc1F)C1CCN(c2nc3cnccc3nc2NC2CC2)CC1. The van der Waals surface area contributed by atoms with E-state index in [0.29, 0.717) is 37.5 Å². The van der Waals surface area contributed by atoms with Gasteiger partial charge < -0.3 is 15.3 Å². The molecule has 3 heterocycles. The number of anilines is 2. The van der Waals surface area contributed by atoms with Crippen LogP contribution in [0.15, 0.2) is 36.7 Å². The Balaban J connectivity index is 0.000000405. The van der Waals surface area contributed by atoms with Gasteiger partial charge in [-0.3, -0.25) is 9.78 Å². The van der Waals surface area contributed by atoms with Crippen molar-refractivity contribution in [2.24, 2.45) is 5.92 Å². The fourth-order valence-corrected chi connectivity index (χ4v) is 3.93. The number of carboxylic acid groups (broad SMARTS) is 1. The number of nitrogens with zero attached hydrogens (tertiary/aromatic N) is 4. The summed E-state index contributed by atoms with van der Waals surface area (Å²) in [7, 11) is 0. The van der Waals surface area contributed by atoms with Crippen molar-refractivity contribution >= 4 is 34.4 Å². The number of carbonyl (C=O) groups excluding carboxylic acids is 1. The van der Waals surface area contributed by atoms with E-state index in [4.69, 9.17) is 19.9 Å². The largest absolute Gasteiger partial charge is 0.490 e. The minimum absolute atomic E-state index is 0.414. The highest BCUT2D eigenvalue weighted by atomic mass is 19.4. The number of Topliss-reactive ketones (excluding diaryl/α,β-unsaturated/α-hetero) is 1. The maximum Gasteiger partial charge on any atom is 0.490 e. The molecule has 0 bridgehead atoms. The van der Waals surface area contributed by atoms with Gasteiger partial charge in [0.25, 0.3) is 0 Å². The standard InChI is InChI=1S/C22H21F2N5O.C2HF3O2/c23-15-2-1-3-16(24)19(15)20(30)13-7-10-29(11-8-13)22-21(26-14-4-5-14)27-17-6-9-25-12-18(17)28-22;3-2(4,5)1(6)7/h1-3,6,9,12-14H,4-5,7-8,10-11H2,(H,26,27);(H,6,7). The van der Waals surface area contributed by atoms with Gasteiger partial charge in [0.1, 0.15) is 17.2 Å². The van der Waals surface area contributed by atoms with E-state index in [1.54, 1.807) is 12.4 Å². The van der Waals surface area contributed by atoms with Gasteiger partial charge in [-0.05, 0) is 43.9 Å². The molecule has 1 aromatic carbocycles. The van der Waals surface area contributed by atoms with Crippen LogP contribution in [0.2, 0.25) is 0 Å². The van der Waals surface area contributed by atoms with Crippen molar-refractivity contribution in [2.75, 3.05) is 23.3 Å². The Morgan fingerprint density at radius 2 is 1.59 bits per heavy atom. The third kappa shape index (κ3) is 6.27. The minimum atomic E-state index is -5.08. The second-order valence-electron chi connectivity index (χ2n) is 8.70. The summed E-state index contributed by atoms with van der Waals surface area (Å²) in [5.74, 6) is -3.76. The Morgan fingerprint density at radius 3 is 2.16 bits per heavy atom. The Hall–Kier alpha value is -3.90. The van der Waals surface area contributed by atoms with Crippen molar-refractivity contribution in [1.82, 2.24) is 15.0 Å². The number of carboxylic acids is 1. The lowest BCUT2D eigenvalue weighted by Gasteiger charge is -2.33. The molecule has 2 aromatic heterocycles. The monoisotopic (exact) mass is 523 g/mol. The lowest BCUT2D eigenvalue weighted by Crippen LogP contribution is -2.37. The second-order valence-corrected chi connectivity index (χ2v) is 8.70. The molecule has 13 heteroatoms. The molecular weight excluding hydrogens is 501 g/mol. The van der Waals surface area contributed by atoms with Gasteiger partial charge in [0, 0.05) is 31.2 Å².